The van der Waals surface area contributed by atoms with Crippen LogP contribution in [0.2, 0.25) is 0 Å². The molecule has 0 unspecified atom stereocenters. The summed E-state index contributed by atoms with van der Waals surface area (Å²) in [4.78, 5) is 0. The van der Waals surface area contributed by atoms with Crippen LogP contribution in [0.4, 0.5) is 0 Å². The summed E-state index contributed by atoms with van der Waals surface area (Å²) in [5.74, 6) is 0. The lowest BCUT2D eigenvalue weighted by atomic mass is 9.91. The fourth-order valence-corrected chi connectivity index (χ4v) is 6.56. The molecule has 0 atom stereocenters. The molecule has 0 spiro atoms. The molecule has 1 aromatic heterocycles. The van der Waals surface area contributed by atoms with E-state index in [9.17, 15) is 5.26 Å². The molecule has 210 valence electrons. The molecular formula is C43H28N2. The molecule has 0 aliphatic carbocycles. The Hall–Kier alpha value is -6.17. The van der Waals surface area contributed by atoms with E-state index in [4.69, 9.17) is 0 Å². The Morgan fingerprint density at radius 1 is 0.378 bits per heavy atom. The van der Waals surface area contributed by atoms with Gasteiger partial charge in [-0.05, 0) is 58.1 Å². The van der Waals surface area contributed by atoms with Crippen molar-refractivity contribution in [2.24, 2.45) is 0 Å². The quantitative estimate of drug-likeness (QED) is 0.202. The Morgan fingerprint density at radius 3 is 1.40 bits per heavy atom. The van der Waals surface area contributed by atoms with Crippen molar-refractivity contribution in [2.45, 2.75) is 0 Å². The average molecular weight is 573 g/mol. The average Bonchev–Trinajstić information content (AvgIpc) is 3.45. The second-order valence-electron chi connectivity index (χ2n) is 11.3. The van der Waals surface area contributed by atoms with Crippen LogP contribution in [0, 0.1) is 11.3 Å². The molecule has 45 heavy (non-hydrogen) atoms. The molecule has 0 radical (unpaired) electrons. The number of nitrogens with zero attached hydrogens (tertiary/aromatic N) is 2. The summed E-state index contributed by atoms with van der Waals surface area (Å²) in [5.41, 5.74) is 12.6. The standard InChI is InChI=1S/C43H28N2/c44-29-40-35(32-17-8-3-9-18-32)20-12-21-36(40)37-19-10-11-22-41(37)45-42-25-23-33(30-13-4-1-5-14-30)27-38(42)39-28-34(24-26-43(39)45)31-15-6-2-7-16-31/h1-28H. The highest BCUT2D eigenvalue weighted by Gasteiger charge is 2.19. The summed E-state index contributed by atoms with van der Waals surface area (Å²) in [6, 6.07) is 62.0. The van der Waals surface area contributed by atoms with E-state index in [2.05, 4.69) is 156 Å². The van der Waals surface area contributed by atoms with Gasteiger partial charge in [0.25, 0.3) is 0 Å². The van der Waals surface area contributed by atoms with E-state index >= 15 is 0 Å². The predicted octanol–water partition coefficient (Wildman–Crippen LogP) is 11.3. The molecule has 0 fully saturated rings. The SMILES string of the molecule is N#Cc1c(-c2ccccc2)cccc1-c1ccccc1-n1c2ccc(-c3ccccc3)cc2c2cc(-c3ccccc3)ccc21. The first kappa shape index (κ1) is 26.5. The van der Waals surface area contributed by atoms with E-state index in [1.165, 1.54) is 33.0 Å². The summed E-state index contributed by atoms with van der Waals surface area (Å²) < 4.78 is 2.36. The summed E-state index contributed by atoms with van der Waals surface area (Å²) in [6.45, 7) is 0. The van der Waals surface area contributed by atoms with Crippen LogP contribution in [-0.4, -0.2) is 4.57 Å². The first-order valence-electron chi connectivity index (χ1n) is 15.2. The van der Waals surface area contributed by atoms with Gasteiger partial charge < -0.3 is 4.57 Å². The predicted molar refractivity (Wildman–Crippen MR) is 187 cm³/mol. The van der Waals surface area contributed by atoms with Gasteiger partial charge in [0.05, 0.1) is 22.3 Å². The first-order chi connectivity index (χ1) is 22.3. The molecule has 0 bridgehead atoms. The minimum atomic E-state index is 0.676. The van der Waals surface area contributed by atoms with E-state index < -0.39 is 0 Å². The molecule has 1 heterocycles. The number of nitriles is 1. The Balaban J connectivity index is 1.41. The normalized spacial score (nSPS) is 11.1. The lowest BCUT2D eigenvalue weighted by Crippen LogP contribution is -1.99. The largest absolute Gasteiger partial charge is 0.309 e. The van der Waals surface area contributed by atoms with Gasteiger partial charge in [0, 0.05) is 27.5 Å². The summed E-state index contributed by atoms with van der Waals surface area (Å²) in [6.07, 6.45) is 0. The minimum Gasteiger partial charge on any atom is -0.309 e. The van der Waals surface area contributed by atoms with Crippen LogP contribution in [-0.2, 0) is 0 Å². The van der Waals surface area contributed by atoms with Crippen molar-refractivity contribution in [3.05, 3.63) is 175 Å². The van der Waals surface area contributed by atoms with Crippen LogP contribution >= 0.6 is 0 Å². The summed E-state index contributed by atoms with van der Waals surface area (Å²) in [5, 5.41) is 12.9. The zero-order valence-corrected chi connectivity index (χ0v) is 24.6. The van der Waals surface area contributed by atoms with Crippen LogP contribution in [0.3, 0.4) is 0 Å². The molecule has 0 saturated carbocycles. The number of para-hydroxylation sites is 1. The van der Waals surface area contributed by atoms with Gasteiger partial charge in [-0.1, -0.05) is 140 Å². The minimum absolute atomic E-state index is 0.676. The molecule has 0 amide bonds. The number of rotatable bonds is 5. The number of fused-ring (bicyclic) bond motifs is 3. The van der Waals surface area contributed by atoms with Gasteiger partial charge >= 0.3 is 0 Å². The van der Waals surface area contributed by atoms with Crippen LogP contribution < -0.4 is 0 Å². The Morgan fingerprint density at radius 2 is 0.844 bits per heavy atom. The third kappa shape index (κ3) is 4.59. The molecule has 0 saturated heterocycles. The molecular weight excluding hydrogens is 544 g/mol. The fraction of sp³-hybridized carbons (Fsp3) is 0. The smallest absolute Gasteiger partial charge is 0.100 e. The zero-order chi connectivity index (χ0) is 30.2. The number of hydrogen-bond donors (Lipinski definition) is 0. The zero-order valence-electron chi connectivity index (χ0n) is 24.6. The van der Waals surface area contributed by atoms with Crippen molar-refractivity contribution in [3.63, 3.8) is 0 Å². The molecule has 0 aliphatic heterocycles. The molecule has 8 aromatic rings. The van der Waals surface area contributed by atoms with Gasteiger partial charge in [-0.2, -0.15) is 5.26 Å². The molecule has 2 heteroatoms. The monoisotopic (exact) mass is 572 g/mol. The van der Waals surface area contributed by atoms with Crippen molar-refractivity contribution in [1.29, 1.82) is 5.26 Å². The van der Waals surface area contributed by atoms with Gasteiger partial charge in [0.1, 0.15) is 6.07 Å². The van der Waals surface area contributed by atoms with E-state index in [0.29, 0.717) is 5.56 Å². The second-order valence-corrected chi connectivity index (χ2v) is 11.3. The highest BCUT2D eigenvalue weighted by atomic mass is 15.0. The van der Waals surface area contributed by atoms with E-state index in [-0.39, 0.29) is 0 Å². The maximum atomic E-state index is 10.5. The van der Waals surface area contributed by atoms with E-state index in [0.717, 1.165) is 39.0 Å². The van der Waals surface area contributed by atoms with Crippen molar-refractivity contribution in [1.82, 2.24) is 4.57 Å². The lowest BCUT2D eigenvalue weighted by molar-refractivity contribution is 1.18. The van der Waals surface area contributed by atoms with Crippen molar-refractivity contribution in [2.75, 3.05) is 0 Å². The number of aromatic nitrogens is 1. The topological polar surface area (TPSA) is 28.7 Å². The fourth-order valence-electron chi connectivity index (χ4n) is 6.56. The Bertz CT molecular complexity index is 2260. The van der Waals surface area contributed by atoms with Gasteiger partial charge in [0.15, 0.2) is 0 Å². The van der Waals surface area contributed by atoms with Crippen LogP contribution in [0.25, 0.3) is 72.0 Å². The molecule has 2 nitrogen and oxygen atoms in total. The third-order valence-corrected chi connectivity index (χ3v) is 8.68. The summed E-state index contributed by atoms with van der Waals surface area (Å²) in [7, 11) is 0. The maximum absolute atomic E-state index is 10.5. The van der Waals surface area contributed by atoms with Crippen molar-refractivity contribution in [3.8, 4) is 56.3 Å². The van der Waals surface area contributed by atoms with E-state index in [1.807, 2.05) is 24.3 Å². The van der Waals surface area contributed by atoms with E-state index in [1.54, 1.807) is 0 Å². The van der Waals surface area contributed by atoms with Crippen molar-refractivity contribution < 1.29 is 0 Å². The van der Waals surface area contributed by atoms with Crippen molar-refractivity contribution >= 4 is 21.8 Å². The third-order valence-electron chi connectivity index (χ3n) is 8.68. The highest BCUT2D eigenvalue weighted by molar-refractivity contribution is 6.12. The van der Waals surface area contributed by atoms with Crippen LogP contribution in [0.1, 0.15) is 5.56 Å². The van der Waals surface area contributed by atoms with Crippen LogP contribution in [0.5, 0.6) is 0 Å². The number of hydrogen-bond acceptors (Lipinski definition) is 1. The van der Waals surface area contributed by atoms with Crippen LogP contribution in [0.15, 0.2) is 170 Å². The van der Waals surface area contributed by atoms with Gasteiger partial charge in [-0.25, -0.2) is 0 Å². The molecule has 0 N–H and O–H groups in total. The highest BCUT2D eigenvalue weighted by Crippen LogP contribution is 2.41. The van der Waals surface area contributed by atoms with Gasteiger partial charge in [-0.3, -0.25) is 0 Å². The second kappa shape index (κ2) is 11.2. The molecule has 0 aliphatic rings. The Kier molecular flexibility index (Phi) is 6.56. The number of benzene rings is 7. The van der Waals surface area contributed by atoms with Gasteiger partial charge in [-0.15, -0.1) is 0 Å². The molecule has 7 aromatic carbocycles. The lowest BCUT2D eigenvalue weighted by Gasteiger charge is -2.16. The molecule has 8 rings (SSSR count). The first-order valence-corrected chi connectivity index (χ1v) is 15.2. The van der Waals surface area contributed by atoms with Gasteiger partial charge in [0.2, 0.25) is 0 Å². The summed E-state index contributed by atoms with van der Waals surface area (Å²) >= 11 is 0. The maximum Gasteiger partial charge on any atom is 0.100 e. The Labute approximate surface area is 262 Å².